The molecule has 0 aromatic heterocycles. The van der Waals surface area contributed by atoms with Crippen molar-refractivity contribution in [1.29, 1.82) is 0 Å². The highest BCUT2D eigenvalue weighted by molar-refractivity contribution is 7.85. The van der Waals surface area contributed by atoms with Crippen LogP contribution in [0.1, 0.15) is 6.42 Å². The lowest BCUT2D eigenvalue weighted by Crippen LogP contribution is -2.07. The van der Waals surface area contributed by atoms with E-state index >= 15 is 0 Å². The van der Waals surface area contributed by atoms with E-state index in [0.717, 1.165) is 6.42 Å². The normalized spacial score (nSPS) is 12.3. The fourth-order valence-electron chi connectivity index (χ4n) is 1.52. The van der Waals surface area contributed by atoms with E-state index in [4.69, 9.17) is 19.9 Å². The Hall–Kier alpha value is -1.11. The minimum atomic E-state index is -1.10. The highest BCUT2D eigenvalue weighted by Gasteiger charge is 2.10. The van der Waals surface area contributed by atoms with Crippen molar-refractivity contribution in [2.75, 3.05) is 45.5 Å². The summed E-state index contributed by atoms with van der Waals surface area (Å²) in [4.78, 5) is 0.675. The number of hydrogen-bond donors (Lipinski definition) is 1. The molecule has 0 saturated carbocycles. The molecule has 0 saturated heterocycles. The molecule has 0 bridgehead atoms. The molecule has 1 aromatic carbocycles. The van der Waals surface area contributed by atoms with E-state index in [9.17, 15) is 4.21 Å². The molecule has 2 N–H and O–H groups in total. The van der Waals surface area contributed by atoms with Crippen molar-refractivity contribution in [1.82, 2.24) is 0 Å². The van der Waals surface area contributed by atoms with Crippen LogP contribution in [0.5, 0.6) is 5.75 Å². The van der Waals surface area contributed by atoms with Crippen molar-refractivity contribution in [3.63, 3.8) is 0 Å². The third-order valence-electron chi connectivity index (χ3n) is 2.48. The molecule has 0 heterocycles. The Morgan fingerprint density at radius 1 is 1.21 bits per heavy atom. The lowest BCUT2D eigenvalue weighted by molar-refractivity contribution is 0.0713. The highest BCUT2D eigenvalue weighted by atomic mass is 32.2. The van der Waals surface area contributed by atoms with Gasteiger partial charge in [-0.2, -0.15) is 0 Å². The Kier molecular flexibility index (Phi) is 7.47. The van der Waals surface area contributed by atoms with Crippen LogP contribution < -0.4 is 10.5 Å². The van der Waals surface area contributed by atoms with Gasteiger partial charge in [-0.25, -0.2) is 0 Å². The van der Waals surface area contributed by atoms with Crippen molar-refractivity contribution in [2.45, 2.75) is 11.3 Å². The summed E-state index contributed by atoms with van der Waals surface area (Å²) in [6, 6.07) is 5.16. The highest BCUT2D eigenvalue weighted by Crippen LogP contribution is 2.25. The van der Waals surface area contributed by atoms with Crippen LogP contribution in [0.3, 0.4) is 0 Å². The Bertz CT molecular complexity index is 412. The molecular weight excluding hydrogens is 266 g/mol. The van der Waals surface area contributed by atoms with E-state index < -0.39 is 10.8 Å². The largest absolute Gasteiger partial charge is 0.495 e. The Balaban J connectivity index is 2.41. The van der Waals surface area contributed by atoms with Crippen LogP contribution in [0, 0.1) is 0 Å². The number of rotatable bonds is 9. The first kappa shape index (κ1) is 15.9. The van der Waals surface area contributed by atoms with Crippen LogP contribution in [0.4, 0.5) is 5.69 Å². The second-order valence-electron chi connectivity index (χ2n) is 3.92. The van der Waals surface area contributed by atoms with Gasteiger partial charge in [0.25, 0.3) is 0 Å². The van der Waals surface area contributed by atoms with E-state index in [2.05, 4.69) is 0 Å². The van der Waals surface area contributed by atoms with Gasteiger partial charge < -0.3 is 19.9 Å². The number of anilines is 1. The zero-order valence-corrected chi connectivity index (χ0v) is 12.2. The van der Waals surface area contributed by atoms with Crippen molar-refractivity contribution in [2.24, 2.45) is 0 Å². The molecule has 0 aliphatic carbocycles. The molecule has 0 spiro atoms. The molecule has 6 heteroatoms. The minimum Gasteiger partial charge on any atom is -0.495 e. The van der Waals surface area contributed by atoms with Crippen LogP contribution in [0.2, 0.25) is 0 Å². The predicted octanol–water partition coefficient (Wildman–Crippen LogP) is 1.44. The molecule has 19 heavy (non-hydrogen) atoms. The molecule has 1 rings (SSSR count). The predicted molar refractivity (Wildman–Crippen MR) is 76.0 cm³/mol. The topological polar surface area (TPSA) is 70.8 Å². The second kappa shape index (κ2) is 8.90. The summed E-state index contributed by atoms with van der Waals surface area (Å²) in [5.74, 6) is 1.10. The van der Waals surface area contributed by atoms with Crippen molar-refractivity contribution in [3.8, 4) is 5.75 Å². The van der Waals surface area contributed by atoms with E-state index in [1.165, 1.54) is 0 Å². The van der Waals surface area contributed by atoms with Crippen molar-refractivity contribution >= 4 is 16.5 Å². The smallest absolute Gasteiger partial charge is 0.137 e. The molecule has 0 fully saturated rings. The van der Waals surface area contributed by atoms with Gasteiger partial charge in [0.1, 0.15) is 5.75 Å². The van der Waals surface area contributed by atoms with Gasteiger partial charge in [0.2, 0.25) is 0 Å². The monoisotopic (exact) mass is 287 g/mol. The molecule has 108 valence electrons. The molecule has 1 aromatic rings. The molecular formula is C13H21NO4S. The maximum atomic E-state index is 12.1. The van der Waals surface area contributed by atoms with Crippen LogP contribution in [-0.2, 0) is 20.3 Å². The first-order valence-corrected chi connectivity index (χ1v) is 7.39. The summed E-state index contributed by atoms with van der Waals surface area (Å²) in [6.07, 6.45) is 0.726. The maximum Gasteiger partial charge on any atom is 0.137 e. The third kappa shape index (κ3) is 5.59. The Labute approximate surface area is 116 Å². The van der Waals surface area contributed by atoms with Crippen molar-refractivity contribution < 1.29 is 18.4 Å². The van der Waals surface area contributed by atoms with E-state index in [1.54, 1.807) is 32.4 Å². The lowest BCUT2D eigenvalue weighted by atomic mass is 10.3. The van der Waals surface area contributed by atoms with Crippen molar-refractivity contribution in [3.05, 3.63) is 18.2 Å². The first-order valence-electron chi connectivity index (χ1n) is 6.07. The van der Waals surface area contributed by atoms with Gasteiger partial charge in [0.05, 0.1) is 36.0 Å². The van der Waals surface area contributed by atoms with Gasteiger partial charge in [-0.15, -0.1) is 0 Å². The number of methoxy groups -OCH3 is 2. The zero-order valence-electron chi connectivity index (χ0n) is 11.4. The summed E-state index contributed by atoms with van der Waals surface area (Å²) < 4.78 is 27.5. The fraction of sp³-hybridized carbons (Fsp3) is 0.538. The van der Waals surface area contributed by atoms with E-state index in [0.29, 0.717) is 41.9 Å². The first-order chi connectivity index (χ1) is 9.19. The second-order valence-corrected chi connectivity index (χ2v) is 5.46. The average molecular weight is 287 g/mol. The molecule has 1 unspecified atom stereocenters. The maximum absolute atomic E-state index is 12.1. The standard InChI is InChI=1S/C13H21NO4S/c1-16-7-8-18-6-3-9-19(15)13-5-4-11(14)10-12(13)17-2/h4-5,10H,3,6-9,14H2,1-2H3. The summed E-state index contributed by atoms with van der Waals surface area (Å²) in [6.45, 7) is 1.72. The Morgan fingerprint density at radius 2 is 2.00 bits per heavy atom. The quantitative estimate of drug-likeness (QED) is 0.549. The van der Waals surface area contributed by atoms with Crippen LogP contribution in [0.25, 0.3) is 0 Å². The van der Waals surface area contributed by atoms with Crippen LogP contribution in [0.15, 0.2) is 23.1 Å². The van der Waals surface area contributed by atoms with Crippen LogP contribution in [-0.4, -0.2) is 44.0 Å². The third-order valence-corrected chi connectivity index (χ3v) is 3.97. The molecule has 0 aliphatic rings. The number of nitrogen functional groups attached to an aromatic ring is 1. The van der Waals surface area contributed by atoms with Gasteiger partial charge in [0.15, 0.2) is 0 Å². The average Bonchev–Trinajstić information content (AvgIpc) is 2.42. The van der Waals surface area contributed by atoms with E-state index in [1.807, 2.05) is 0 Å². The molecule has 1 atom stereocenters. The summed E-state index contributed by atoms with van der Waals surface area (Å²) >= 11 is 0. The lowest BCUT2D eigenvalue weighted by Gasteiger charge is -2.09. The summed E-state index contributed by atoms with van der Waals surface area (Å²) in [5, 5.41) is 0. The van der Waals surface area contributed by atoms with Gasteiger partial charge in [-0.3, -0.25) is 4.21 Å². The van der Waals surface area contributed by atoms with E-state index in [-0.39, 0.29) is 0 Å². The molecule has 0 amide bonds. The minimum absolute atomic E-state index is 0.535. The van der Waals surface area contributed by atoms with Gasteiger partial charge >= 0.3 is 0 Å². The number of benzene rings is 1. The Morgan fingerprint density at radius 3 is 2.68 bits per heavy atom. The fourth-order valence-corrected chi connectivity index (χ4v) is 2.71. The molecule has 5 nitrogen and oxygen atoms in total. The van der Waals surface area contributed by atoms with Gasteiger partial charge in [-0.05, 0) is 18.6 Å². The van der Waals surface area contributed by atoms with Gasteiger partial charge in [0, 0.05) is 31.2 Å². The summed E-state index contributed by atoms with van der Waals surface area (Å²) in [7, 11) is 2.07. The number of nitrogens with two attached hydrogens (primary N) is 1. The number of hydrogen-bond acceptors (Lipinski definition) is 5. The summed E-state index contributed by atoms with van der Waals surface area (Å²) in [5.41, 5.74) is 6.26. The molecule has 0 aliphatic heterocycles. The number of ether oxygens (including phenoxy) is 3. The van der Waals surface area contributed by atoms with Crippen LogP contribution >= 0.6 is 0 Å². The molecule has 0 radical (unpaired) electrons. The van der Waals surface area contributed by atoms with Gasteiger partial charge in [-0.1, -0.05) is 0 Å². The zero-order chi connectivity index (χ0) is 14.1. The SMILES string of the molecule is COCCOCCCS(=O)c1ccc(N)cc1OC.